The molecule has 6 heteroatoms. The first-order valence-electron chi connectivity index (χ1n) is 9.42. The maximum absolute atomic E-state index is 12.6. The molecule has 1 aliphatic heterocycles. The highest BCUT2D eigenvalue weighted by atomic mass is 16.2. The van der Waals surface area contributed by atoms with Crippen molar-refractivity contribution in [1.29, 1.82) is 0 Å². The van der Waals surface area contributed by atoms with Crippen molar-refractivity contribution in [2.45, 2.75) is 31.6 Å². The number of hydrogen-bond acceptors (Lipinski definition) is 4. The molecule has 0 aliphatic carbocycles. The van der Waals surface area contributed by atoms with Crippen LogP contribution in [-0.4, -0.2) is 43.4 Å². The van der Waals surface area contributed by atoms with Crippen LogP contribution in [0.1, 0.15) is 36.4 Å². The average molecular weight is 361 g/mol. The Hall–Kier alpha value is -3.02. The molecule has 6 nitrogen and oxygen atoms in total. The Morgan fingerprint density at radius 2 is 1.81 bits per heavy atom. The first-order chi connectivity index (χ1) is 13.3. The number of carbonyl (C=O) groups is 1. The molecule has 0 unspecified atom stereocenters. The second kappa shape index (κ2) is 8.12. The lowest BCUT2D eigenvalue weighted by molar-refractivity contribution is -0.132. The molecule has 1 fully saturated rings. The van der Waals surface area contributed by atoms with Gasteiger partial charge in [-0.05, 0) is 24.8 Å². The van der Waals surface area contributed by atoms with Gasteiger partial charge in [0.2, 0.25) is 5.91 Å². The first kappa shape index (κ1) is 17.4. The number of likely N-dealkylation sites (tertiary alicyclic amines) is 1. The summed E-state index contributed by atoms with van der Waals surface area (Å²) in [6, 6.07) is 10.2. The first-order valence-corrected chi connectivity index (χ1v) is 9.42. The van der Waals surface area contributed by atoms with Crippen LogP contribution in [0.2, 0.25) is 0 Å². The number of hydrogen-bond donors (Lipinski definition) is 0. The predicted octanol–water partition coefficient (Wildman–Crippen LogP) is 3.00. The number of aromatic nitrogens is 4. The van der Waals surface area contributed by atoms with Gasteiger partial charge in [0, 0.05) is 50.2 Å². The van der Waals surface area contributed by atoms with Gasteiger partial charge in [0.25, 0.3) is 0 Å². The standard InChI is InChI=1S/C21H23N5O/c27-19(7-6-17-4-2-1-3-5-17)25-13-8-18(9-14-25)20-21(24-11-10-23-20)26-15-12-22-16-26/h1-5,10-12,15-16,18H,6-9,13-14H2. The number of imidazole rings is 1. The molecule has 4 rings (SSSR count). The van der Waals surface area contributed by atoms with E-state index >= 15 is 0 Å². The molecule has 2 aromatic heterocycles. The minimum absolute atomic E-state index is 0.242. The third kappa shape index (κ3) is 4.05. The van der Waals surface area contributed by atoms with Gasteiger partial charge in [0.1, 0.15) is 6.33 Å². The topological polar surface area (TPSA) is 63.9 Å². The van der Waals surface area contributed by atoms with Crippen molar-refractivity contribution in [3.05, 3.63) is 72.7 Å². The van der Waals surface area contributed by atoms with E-state index in [1.54, 1.807) is 24.9 Å². The lowest BCUT2D eigenvalue weighted by Crippen LogP contribution is -2.38. The summed E-state index contributed by atoms with van der Waals surface area (Å²) in [6.07, 6.45) is 12.0. The Morgan fingerprint density at radius 1 is 1.04 bits per heavy atom. The van der Waals surface area contributed by atoms with Crippen molar-refractivity contribution in [3.63, 3.8) is 0 Å². The van der Waals surface area contributed by atoms with Gasteiger partial charge in [-0.15, -0.1) is 0 Å². The maximum atomic E-state index is 12.6. The quantitative estimate of drug-likeness (QED) is 0.701. The van der Waals surface area contributed by atoms with Gasteiger partial charge in [-0.3, -0.25) is 14.3 Å². The number of piperidine rings is 1. The lowest BCUT2D eigenvalue weighted by atomic mass is 9.92. The van der Waals surface area contributed by atoms with E-state index in [0.717, 1.165) is 43.9 Å². The van der Waals surface area contributed by atoms with E-state index < -0.39 is 0 Å². The van der Waals surface area contributed by atoms with Gasteiger partial charge in [0.15, 0.2) is 5.82 Å². The van der Waals surface area contributed by atoms with Crippen LogP contribution in [0.15, 0.2) is 61.4 Å². The molecule has 27 heavy (non-hydrogen) atoms. The number of nitrogens with zero attached hydrogens (tertiary/aromatic N) is 5. The number of rotatable bonds is 5. The molecule has 1 aromatic carbocycles. The molecule has 1 saturated heterocycles. The molecule has 0 radical (unpaired) electrons. The third-order valence-electron chi connectivity index (χ3n) is 5.16. The molecule has 1 aliphatic rings. The van der Waals surface area contributed by atoms with Crippen LogP contribution in [-0.2, 0) is 11.2 Å². The van der Waals surface area contributed by atoms with Gasteiger partial charge in [-0.25, -0.2) is 9.97 Å². The Labute approximate surface area is 158 Å². The Kier molecular flexibility index (Phi) is 5.23. The van der Waals surface area contributed by atoms with Crippen molar-refractivity contribution < 1.29 is 4.79 Å². The van der Waals surface area contributed by atoms with Crippen LogP contribution in [0, 0.1) is 0 Å². The fraction of sp³-hybridized carbons (Fsp3) is 0.333. The summed E-state index contributed by atoms with van der Waals surface area (Å²) in [5, 5.41) is 0. The zero-order valence-electron chi connectivity index (χ0n) is 15.2. The summed E-state index contributed by atoms with van der Waals surface area (Å²) < 4.78 is 1.90. The van der Waals surface area contributed by atoms with Crippen molar-refractivity contribution in [1.82, 2.24) is 24.4 Å². The third-order valence-corrected chi connectivity index (χ3v) is 5.16. The van der Waals surface area contributed by atoms with Gasteiger partial charge in [-0.2, -0.15) is 0 Å². The second-order valence-corrected chi connectivity index (χ2v) is 6.88. The molecule has 3 heterocycles. The summed E-state index contributed by atoms with van der Waals surface area (Å²) in [7, 11) is 0. The fourth-order valence-electron chi connectivity index (χ4n) is 3.67. The summed E-state index contributed by atoms with van der Waals surface area (Å²) >= 11 is 0. The van der Waals surface area contributed by atoms with E-state index in [-0.39, 0.29) is 5.91 Å². The van der Waals surface area contributed by atoms with Crippen molar-refractivity contribution in [2.75, 3.05) is 13.1 Å². The van der Waals surface area contributed by atoms with Crippen molar-refractivity contribution in [2.24, 2.45) is 0 Å². The highest BCUT2D eigenvalue weighted by Crippen LogP contribution is 2.29. The van der Waals surface area contributed by atoms with Gasteiger partial charge >= 0.3 is 0 Å². The minimum Gasteiger partial charge on any atom is -0.343 e. The van der Waals surface area contributed by atoms with E-state index in [1.807, 2.05) is 33.9 Å². The molecule has 1 amide bonds. The predicted molar refractivity (Wildman–Crippen MR) is 102 cm³/mol. The van der Waals surface area contributed by atoms with Gasteiger partial charge < -0.3 is 4.90 Å². The highest BCUT2D eigenvalue weighted by Gasteiger charge is 2.26. The molecule has 0 spiro atoms. The molecule has 0 saturated carbocycles. The molecule has 3 aromatic rings. The molecule has 0 bridgehead atoms. The van der Waals surface area contributed by atoms with Crippen LogP contribution in [0.3, 0.4) is 0 Å². The molecule has 0 N–H and O–H groups in total. The molecular weight excluding hydrogens is 338 g/mol. The van der Waals surface area contributed by atoms with E-state index in [4.69, 9.17) is 0 Å². The SMILES string of the molecule is O=C(CCc1ccccc1)N1CCC(c2nccnc2-n2ccnc2)CC1. The van der Waals surface area contributed by atoms with Crippen LogP contribution < -0.4 is 0 Å². The Bertz CT molecular complexity index is 871. The van der Waals surface area contributed by atoms with Gasteiger partial charge in [0.05, 0.1) is 5.69 Å². The zero-order valence-corrected chi connectivity index (χ0v) is 15.2. The zero-order chi connectivity index (χ0) is 18.5. The van der Waals surface area contributed by atoms with Gasteiger partial charge in [-0.1, -0.05) is 30.3 Å². The van der Waals surface area contributed by atoms with E-state index in [0.29, 0.717) is 12.3 Å². The average Bonchev–Trinajstić information content (AvgIpc) is 3.28. The van der Waals surface area contributed by atoms with Crippen LogP contribution in [0.5, 0.6) is 0 Å². The summed E-state index contributed by atoms with van der Waals surface area (Å²) in [5.41, 5.74) is 2.21. The number of amides is 1. The Balaban J connectivity index is 1.36. The van der Waals surface area contributed by atoms with E-state index in [1.165, 1.54) is 5.56 Å². The summed E-state index contributed by atoms with van der Waals surface area (Å²) in [5.74, 6) is 1.39. The van der Waals surface area contributed by atoms with Crippen LogP contribution >= 0.6 is 0 Å². The highest BCUT2D eigenvalue weighted by molar-refractivity contribution is 5.76. The molecule has 0 atom stereocenters. The fourth-order valence-corrected chi connectivity index (χ4v) is 3.67. The number of carbonyl (C=O) groups excluding carboxylic acids is 1. The number of benzene rings is 1. The normalized spacial score (nSPS) is 15.0. The summed E-state index contributed by atoms with van der Waals surface area (Å²) in [4.78, 5) is 27.7. The van der Waals surface area contributed by atoms with Crippen molar-refractivity contribution >= 4 is 5.91 Å². The molecular formula is C21H23N5O. The van der Waals surface area contributed by atoms with Crippen molar-refractivity contribution in [3.8, 4) is 5.82 Å². The monoisotopic (exact) mass is 361 g/mol. The van der Waals surface area contributed by atoms with E-state index in [9.17, 15) is 4.79 Å². The van der Waals surface area contributed by atoms with E-state index in [2.05, 4.69) is 27.1 Å². The van der Waals surface area contributed by atoms with Crippen LogP contribution in [0.4, 0.5) is 0 Å². The maximum Gasteiger partial charge on any atom is 0.222 e. The number of aryl methyl sites for hydroxylation is 1. The Morgan fingerprint density at radius 3 is 2.56 bits per heavy atom. The lowest BCUT2D eigenvalue weighted by Gasteiger charge is -2.32. The smallest absolute Gasteiger partial charge is 0.222 e. The largest absolute Gasteiger partial charge is 0.343 e. The molecule has 138 valence electrons. The second-order valence-electron chi connectivity index (χ2n) is 6.88. The minimum atomic E-state index is 0.242. The summed E-state index contributed by atoms with van der Waals surface area (Å²) in [6.45, 7) is 1.55. The van der Waals surface area contributed by atoms with Crippen LogP contribution in [0.25, 0.3) is 5.82 Å².